The summed E-state index contributed by atoms with van der Waals surface area (Å²) in [5.41, 5.74) is -0.117. The van der Waals surface area contributed by atoms with Gasteiger partial charge in [-0.15, -0.1) is 0 Å². The minimum Gasteiger partial charge on any atom is -0.353 e. The molecule has 2 heterocycles. The smallest absolute Gasteiger partial charge is 0.329 e. The van der Waals surface area contributed by atoms with Crippen molar-refractivity contribution in [3.63, 3.8) is 0 Å². The van der Waals surface area contributed by atoms with Crippen LogP contribution >= 0.6 is 11.6 Å². The number of rotatable bonds is 5. The highest BCUT2D eigenvalue weighted by molar-refractivity contribution is 6.28. The number of hydrogen-bond acceptors (Lipinski definition) is 6. The Balaban J connectivity index is 2.06. The largest absolute Gasteiger partial charge is 0.353 e. The van der Waals surface area contributed by atoms with Gasteiger partial charge in [0, 0.05) is 20.1 Å². The topological polar surface area (TPSA) is 75.4 Å². The van der Waals surface area contributed by atoms with E-state index in [1.807, 2.05) is 0 Å². The van der Waals surface area contributed by atoms with E-state index < -0.39 is 4.92 Å². The molecule has 1 fully saturated rings. The Morgan fingerprint density at radius 2 is 2.21 bits per heavy atom. The van der Waals surface area contributed by atoms with E-state index in [1.165, 1.54) is 12.8 Å². The molecular formula is C11H16ClN5O2. The Hall–Kier alpha value is -1.47. The average molecular weight is 286 g/mol. The molecule has 0 radical (unpaired) electrons. The molecule has 2 rings (SSSR count). The first-order chi connectivity index (χ1) is 9.08. The van der Waals surface area contributed by atoms with Gasteiger partial charge in [0.25, 0.3) is 0 Å². The average Bonchev–Trinajstić information content (AvgIpc) is 2.88. The molecule has 104 valence electrons. The summed E-state index contributed by atoms with van der Waals surface area (Å²) < 4.78 is 0. The molecule has 7 nitrogen and oxygen atoms in total. The van der Waals surface area contributed by atoms with Gasteiger partial charge in [-0.25, -0.2) is 4.98 Å². The molecule has 8 heteroatoms. The second-order valence-corrected chi connectivity index (χ2v) is 4.91. The molecule has 0 N–H and O–H groups in total. The van der Waals surface area contributed by atoms with E-state index in [4.69, 9.17) is 11.6 Å². The lowest BCUT2D eigenvalue weighted by molar-refractivity contribution is -0.384. The number of hydrogen-bond donors (Lipinski definition) is 0. The fourth-order valence-corrected chi connectivity index (χ4v) is 2.29. The summed E-state index contributed by atoms with van der Waals surface area (Å²) in [6, 6.07) is 0. The summed E-state index contributed by atoms with van der Waals surface area (Å²) in [6.07, 6.45) is 3.60. The van der Waals surface area contributed by atoms with Crippen molar-refractivity contribution < 1.29 is 4.92 Å². The Kier molecular flexibility index (Phi) is 4.49. The maximum absolute atomic E-state index is 10.9. The van der Waals surface area contributed by atoms with E-state index in [-0.39, 0.29) is 16.8 Å². The van der Waals surface area contributed by atoms with Crippen molar-refractivity contribution in [1.82, 2.24) is 14.9 Å². The van der Waals surface area contributed by atoms with Crippen molar-refractivity contribution in [3.05, 3.63) is 21.6 Å². The second-order valence-electron chi connectivity index (χ2n) is 4.58. The van der Waals surface area contributed by atoms with Crippen LogP contribution in [0.1, 0.15) is 12.8 Å². The highest BCUT2D eigenvalue weighted by Crippen LogP contribution is 2.25. The van der Waals surface area contributed by atoms with Crippen molar-refractivity contribution in [1.29, 1.82) is 0 Å². The molecule has 0 aliphatic carbocycles. The number of halogens is 1. The zero-order chi connectivity index (χ0) is 13.8. The van der Waals surface area contributed by atoms with Gasteiger partial charge in [-0.2, -0.15) is 4.98 Å². The summed E-state index contributed by atoms with van der Waals surface area (Å²) >= 11 is 5.71. The Bertz CT molecular complexity index is 464. The van der Waals surface area contributed by atoms with Crippen LogP contribution in [0.3, 0.4) is 0 Å². The minimum absolute atomic E-state index is 0.0219. The molecule has 1 aliphatic heterocycles. The van der Waals surface area contributed by atoms with Crippen LogP contribution in [0, 0.1) is 10.1 Å². The molecule has 1 aromatic heterocycles. The van der Waals surface area contributed by atoms with Gasteiger partial charge in [0.05, 0.1) is 4.92 Å². The number of nitrogens with zero attached hydrogens (tertiary/aromatic N) is 5. The summed E-state index contributed by atoms with van der Waals surface area (Å²) in [7, 11) is 1.78. The molecule has 1 aliphatic rings. The maximum atomic E-state index is 10.9. The molecule has 0 aromatic carbocycles. The zero-order valence-corrected chi connectivity index (χ0v) is 11.5. The van der Waals surface area contributed by atoms with Crippen LogP contribution in [-0.2, 0) is 0 Å². The number of nitro groups is 1. The van der Waals surface area contributed by atoms with Crippen molar-refractivity contribution >= 4 is 23.1 Å². The quantitative estimate of drug-likeness (QED) is 0.464. The first-order valence-corrected chi connectivity index (χ1v) is 6.56. The highest BCUT2D eigenvalue weighted by Gasteiger charge is 2.21. The van der Waals surface area contributed by atoms with Crippen LogP contribution in [0.15, 0.2) is 6.20 Å². The standard InChI is InChI=1S/C11H16ClN5O2/c1-15(6-7-16-4-2-3-5-16)10-9(17(18)19)8-13-11(12)14-10/h8H,2-7H2,1H3. The van der Waals surface area contributed by atoms with Crippen LogP contribution in [-0.4, -0.2) is 53.0 Å². The van der Waals surface area contributed by atoms with Crippen LogP contribution in [0.4, 0.5) is 11.5 Å². The van der Waals surface area contributed by atoms with E-state index in [0.717, 1.165) is 25.8 Å². The van der Waals surface area contributed by atoms with E-state index in [2.05, 4.69) is 14.9 Å². The Morgan fingerprint density at radius 1 is 1.53 bits per heavy atom. The summed E-state index contributed by atoms with van der Waals surface area (Å²) in [5, 5.41) is 11.0. The van der Waals surface area contributed by atoms with E-state index in [0.29, 0.717) is 6.54 Å². The molecule has 0 unspecified atom stereocenters. The van der Waals surface area contributed by atoms with Crippen molar-refractivity contribution in [3.8, 4) is 0 Å². The molecule has 0 spiro atoms. The molecule has 0 saturated carbocycles. The van der Waals surface area contributed by atoms with Crippen LogP contribution < -0.4 is 4.90 Å². The van der Waals surface area contributed by atoms with Crippen molar-refractivity contribution in [2.75, 3.05) is 38.1 Å². The van der Waals surface area contributed by atoms with Gasteiger partial charge in [-0.1, -0.05) is 0 Å². The first-order valence-electron chi connectivity index (χ1n) is 6.18. The number of anilines is 1. The predicted octanol–water partition coefficient (Wildman–Crippen LogP) is 1.57. The predicted molar refractivity (Wildman–Crippen MR) is 72.6 cm³/mol. The second kappa shape index (κ2) is 6.12. The van der Waals surface area contributed by atoms with Gasteiger partial charge in [0.1, 0.15) is 6.20 Å². The van der Waals surface area contributed by atoms with Gasteiger partial charge in [0.15, 0.2) is 0 Å². The maximum Gasteiger partial charge on any atom is 0.329 e. The zero-order valence-electron chi connectivity index (χ0n) is 10.8. The Morgan fingerprint density at radius 3 is 2.84 bits per heavy atom. The molecule has 19 heavy (non-hydrogen) atoms. The normalized spacial score (nSPS) is 15.7. The van der Waals surface area contributed by atoms with Gasteiger partial charge in [-0.05, 0) is 37.5 Å². The molecule has 1 aromatic rings. The van der Waals surface area contributed by atoms with Crippen LogP contribution in [0.5, 0.6) is 0 Å². The number of aromatic nitrogens is 2. The van der Waals surface area contributed by atoms with Crippen molar-refractivity contribution in [2.45, 2.75) is 12.8 Å². The summed E-state index contributed by atoms with van der Waals surface area (Å²) in [6.45, 7) is 3.74. The third kappa shape index (κ3) is 3.51. The molecule has 1 saturated heterocycles. The number of likely N-dealkylation sites (tertiary alicyclic amines) is 1. The summed E-state index contributed by atoms with van der Waals surface area (Å²) in [5.74, 6) is 0.268. The van der Waals surface area contributed by atoms with Gasteiger partial charge < -0.3 is 9.80 Å². The highest BCUT2D eigenvalue weighted by atomic mass is 35.5. The molecule has 0 atom stereocenters. The van der Waals surface area contributed by atoms with Crippen LogP contribution in [0.2, 0.25) is 5.28 Å². The van der Waals surface area contributed by atoms with E-state index in [1.54, 1.807) is 11.9 Å². The summed E-state index contributed by atoms with van der Waals surface area (Å²) in [4.78, 5) is 22.2. The molecular weight excluding hydrogens is 270 g/mol. The van der Waals surface area contributed by atoms with Crippen molar-refractivity contribution in [2.24, 2.45) is 0 Å². The van der Waals surface area contributed by atoms with Gasteiger partial charge in [0.2, 0.25) is 11.1 Å². The van der Waals surface area contributed by atoms with Crippen LogP contribution in [0.25, 0.3) is 0 Å². The third-order valence-electron chi connectivity index (χ3n) is 3.23. The van der Waals surface area contributed by atoms with E-state index in [9.17, 15) is 10.1 Å². The van der Waals surface area contributed by atoms with Gasteiger partial charge >= 0.3 is 5.69 Å². The fourth-order valence-electron chi connectivity index (χ4n) is 2.16. The lowest BCUT2D eigenvalue weighted by Crippen LogP contribution is -2.32. The fraction of sp³-hybridized carbons (Fsp3) is 0.636. The lowest BCUT2D eigenvalue weighted by Gasteiger charge is -2.21. The minimum atomic E-state index is -0.488. The SMILES string of the molecule is CN(CCN1CCCC1)c1nc(Cl)ncc1[N+](=O)[O-]. The molecule has 0 amide bonds. The van der Waals surface area contributed by atoms with E-state index >= 15 is 0 Å². The van der Waals surface area contributed by atoms with Gasteiger partial charge in [-0.3, -0.25) is 10.1 Å². The first kappa shape index (κ1) is 14.0. The number of likely N-dealkylation sites (N-methyl/N-ethyl adjacent to an activating group) is 1. The Labute approximate surface area is 116 Å². The lowest BCUT2D eigenvalue weighted by atomic mass is 10.4. The monoisotopic (exact) mass is 285 g/mol. The molecule has 0 bridgehead atoms. The third-order valence-corrected chi connectivity index (χ3v) is 3.41.